The number of aromatic nitrogens is 2. The first-order valence-corrected chi connectivity index (χ1v) is 7.96. The minimum atomic E-state index is -1.03. The fourth-order valence-corrected chi connectivity index (χ4v) is 2.51. The van der Waals surface area contributed by atoms with E-state index in [4.69, 9.17) is 0 Å². The van der Waals surface area contributed by atoms with Gasteiger partial charge in [-0.05, 0) is 34.6 Å². The molecule has 6 heteroatoms. The summed E-state index contributed by atoms with van der Waals surface area (Å²) in [5, 5.41) is 9.74. The lowest BCUT2D eigenvalue weighted by atomic mass is 9.93. The summed E-state index contributed by atoms with van der Waals surface area (Å²) in [5.41, 5.74) is 0.490. The van der Waals surface area contributed by atoms with Gasteiger partial charge in [-0.15, -0.1) is 0 Å². The third kappa shape index (κ3) is 4.01. The van der Waals surface area contributed by atoms with E-state index in [1.807, 2.05) is 31.5 Å². The number of aryl methyl sites for hydroxylation is 1. The number of nitrogens with zero attached hydrogens (tertiary/aromatic N) is 2. The van der Waals surface area contributed by atoms with E-state index in [-0.39, 0.29) is 11.8 Å². The van der Waals surface area contributed by atoms with E-state index < -0.39 is 11.6 Å². The largest absolute Gasteiger partial charge is 0.325 e. The summed E-state index contributed by atoms with van der Waals surface area (Å²) in [7, 11) is 0. The molecule has 0 bridgehead atoms. The number of nitrogens with one attached hydrogen (secondary N) is 2. The molecule has 0 radical (unpaired) electrons. The van der Waals surface area contributed by atoms with E-state index in [1.165, 1.54) is 0 Å². The second-order valence-corrected chi connectivity index (χ2v) is 6.61. The number of Topliss-reactive ketones (excluding diaryl/α,β-unsaturated/α-hetero) is 1. The maximum atomic E-state index is 12.5. The fourth-order valence-electron chi connectivity index (χ4n) is 2.51. The summed E-state index contributed by atoms with van der Waals surface area (Å²) in [6.45, 7) is 9.33. The van der Waals surface area contributed by atoms with Gasteiger partial charge in [0.1, 0.15) is 0 Å². The number of amides is 2. The molecule has 0 saturated carbocycles. The predicted octanol–water partition coefficient (Wildman–Crippen LogP) is 3.56. The van der Waals surface area contributed by atoms with E-state index >= 15 is 0 Å². The van der Waals surface area contributed by atoms with Crippen LogP contribution >= 0.6 is 0 Å². The van der Waals surface area contributed by atoms with E-state index in [1.54, 1.807) is 44.2 Å². The van der Waals surface area contributed by atoms with Gasteiger partial charge in [-0.1, -0.05) is 30.3 Å². The second-order valence-electron chi connectivity index (χ2n) is 6.61. The molecule has 24 heavy (non-hydrogen) atoms. The number of hydrogen-bond acceptors (Lipinski definition) is 3. The molecular weight excluding hydrogens is 304 g/mol. The molecule has 0 aliphatic carbocycles. The third-order valence-corrected chi connectivity index (χ3v) is 3.68. The summed E-state index contributed by atoms with van der Waals surface area (Å²) in [6, 6.07) is 10.4. The van der Waals surface area contributed by atoms with Crippen LogP contribution in [0.25, 0.3) is 0 Å². The lowest BCUT2D eigenvalue weighted by Gasteiger charge is -2.24. The molecular formula is C18H24N4O2. The van der Waals surface area contributed by atoms with Gasteiger partial charge in [0, 0.05) is 23.4 Å². The van der Waals surface area contributed by atoms with Crippen molar-refractivity contribution in [2.45, 2.75) is 46.2 Å². The standard InChI is InChI=1S/C18H24N4O2/c1-12(2)22-13(3)11-15(21-22)19-17(24)20-18(4,5)16(23)14-9-7-6-8-10-14/h6-12H,1-5H3,(H2,19,20,21,24). The first kappa shape index (κ1) is 17.7. The topological polar surface area (TPSA) is 76.0 Å². The van der Waals surface area contributed by atoms with E-state index in [0.29, 0.717) is 11.4 Å². The molecule has 1 aromatic carbocycles. The number of carbonyl (C=O) groups is 2. The van der Waals surface area contributed by atoms with Crippen LogP contribution in [0.4, 0.5) is 10.6 Å². The molecule has 0 unspecified atom stereocenters. The van der Waals surface area contributed by atoms with Crippen molar-refractivity contribution in [3.8, 4) is 0 Å². The molecule has 0 aliphatic heterocycles. The van der Waals surface area contributed by atoms with Gasteiger partial charge < -0.3 is 5.32 Å². The van der Waals surface area contributed by atoms with Crippen LogP contribution in [0.1, 0.15) is 49.8 Å². The zero-order valence-electron chi connectivity index (χ0n) is 14.8. The van der Waals surface area contributed by atoms with Crippen LogP contribution in [0.5, 0.6) is 0 Å². The van der Waals surface area contributed by atoms with Gasteiger partial charge in [-0.2, -0.15) is 5.10 Å². The monoisotopic (exact) mass is 328 g/mol. The van der Waals surface area contributed by atoms with Crippen molar-refractivity contribution in [1.29, 1.82) is 0 Å². The molecule has 128 valence electrons. The van der Waals surface area contributed by atoms with Gasteiger partial charge in [-0.3, -0.25) is 14.8 Å². The molecule has 0 aliphatic rings. The normalized spacial score (nSPS) is 11.4. The van der Waals surface area contributed by atoms with Crippen molar-refractivity contribution < 1.29 is 9.59 Å². The molecule has 6 nitrogen and oxygen atoms in total. The Morgan fingerprint density at radius 2 is 1.79 bits per heavy atom. The summed E-state index contributed by atoms with van der Waals surface area (Å²) in [5.74, 6) is 0.309. The highest BCUT2D eigenvalue weighted by Gasteiger charge is 2.30. The van der Waals surface area contributed by atoms with Crippen LogP contribution in [0.15, 0.2) is 36.4 Å². The van der Waals surface area contributed by atoms with Crippen LogP contribution in [-0.2, 0) is 0 Å². The Balaban J connectivity index is 2.05. The summed E-state index contributed by atoms with van der Waals surface area (Å²) in [4.78, 5) is 24.8. The van der Waals surface area contributed by atoms with Crippen molar-refractivity contribution in [3.05, 3.63) is 47.7 Å². The smallest absolute Gasteiger partial charge is 0.321 e. The first-order valence-electron chi connectivity index (χ1n) is 7.96. The van der Waals surface area contributed by atoms with Gasteiger partial charge in [0.25, 0.3) is 0 Å². The van der Waals surface area contributed by atoms with E-state index in [2.05, 4.69) is 15.7 Å². The van der Waals surface area contributed by atoms with E-state index in [9.17, 15) is 9.59 Å². The number of benzene rings is 1. The first-order chi connectivity index (χ1) is 11.2. The lowest BCUT2D eigenvalue weighted by Crippen LogP contribution is -2.51. The Labute approximate surface area is 142 Å². The highest BCUT2D eigenvalue weighted by atomic mass is 16.2. The predicted molar refractivity (Wildman–Crippen MR) is 94.4 cm³/mol. The van der Waals surface area contributed by atoms with Gasteiger partial charge in [-0.25, -0.2) is 4.79 Å². The average molecular weight is 328 g/mol. The van der Waals surface area contributed by atoms with Gasteiger partial charge in [0.2, 0.25) is 0 Å². The molecule has 2 N–H and O–H groups in total. The Kier molecular flexibility index (Phi) is 5.07. The van der Waals surface area contributed by atoms with Crippen LogP contribution in [0.2, 0.25) is 0 Å². The summed E-state index contributed by atoms with van der Waals surface area (Å²) >= 11 is 0. The lowest BCUT2D eigenvalue weighted by molar-refractivity contribution is 0.0890. The second kappa shape index (κ2) is 6.86. The molecule has 2 aromatic rings. The SMILES string of the molecule is Cc1cc(NC(=O)NC(C)(C)C(=O)c2ccccc2)nn1C(C)C. The summed E-state index contributed by atoms with van der Waals surface area (Å²) in [6.07, 6.45) is 0. The number of carbonyl (C=O) groups excluding carboxylic acids is 2. The van der Waals surface area contributed by atoms with Crippen molar-refractivity contribution in [1.82, 2.24) is 15.1 Å². The zero-order valence-corrected chi connectivity index (χ0v) is 14.8. The Hall–Kier alpha value is -2.63. The van der Waals surface area contributed by atoms with Crippen molar-refractivity contribution in [2.75, 3.05) is 5.32 Å². The molecule has 0 fully saturated rings. The maximum absolute atomic E-state index is 12.5. The number of hydrogen-bond donors (Lipinski definition) is 2. The number of rotatable bonds is 5. The average Bonchev–Trinajstić information content (AvgIpc) is 2.87. The molecule has 0 atom stereocenters. The molecule has 1 heterocycles. The highest BCUT2D eigenvalue weighted by molar-refractivity contribution is 6.05. The highest BCUT2D eigenvalue weighted by Crippen LogP contribution is 2.15. The van der Waals surface area contributed by atoms with Crippen LogP contribution in [0, 0.1) is 6.92 Å². The van der Waals surface area contributed by atoms with Crippen LogP contribution in [-0.4, -0.2) is 27.1 Å². The maximum Gasteiger partial charge on any atom is 0.321 e. The Morgan fingerprint density at radius 1 is 1.17 bits per heavy atom. The molecule has 1 aromatic heterocycles. The molecule has 0 spiro atoms. The Morgan fingerprint density at radius 3 is 2.33 bits per heavy atom. The molecule has 0 saturated heterocycles. The number of anilines is 1. The minimum absolute atomic E-state index is 0.151. The van der Waals surface area contributed by atoms with Crippen molar-refractivity contribution >= 4 is 17.6 Å². The minimum Gasteiger partial charge on any atom is -0.325 e. The zero-order chi connectivity index (χ0) is 17.9. The quantitative estimate of drug-likeness (QED) is 0.824. The molecule has 2 rings (SSSR count). The van der Waals surface area contributed by atoms with Gasteiger partial charge in [0.05, 0.1) is 5.54 Å². The number of urea groups is 1. The van der Waals surface area contributed by atoms with Crippen molar-refractivity contribution in [2.24, 2.45) is 0 Å². The van der Waals surface area contributed by atoms with E-state index in [0.717, 1.165) is 5.69 Å². The summed E-state index contributed by atoms with van der Waals surface area (Å²) < 4.78 is 1.83. The van der Waals surface area contributed by atoms with Gasteiger partial charge in [0.15, 0.2) is 11.6 Å². The van der Waals surface area contributed by atoms with Crippen molar-refractivity contribution in [3.63, 3.8) is 0 Å². The fraction of sp³-hybridized carbons (Fsp3) is 0.389. The third-order valence-electron chi connectivity index (χ3n) is 3.68. The molecule has 2 amide bonds. The Bertz CT molecular complexity index is 733. The van der Waals surface area contributed by atoms with Crippen LogP contribution in [0.3, 0.4) is 0 Å². The van der Waals surface area contributed by atoms with Crippen LogP contribution < -0.4 is 10.6 Å². The number of ketones is 1. The van der Waals surface area contributed by atoms with Gasteiger partial charge >= 0.3 is 6.03 Å².